The van der Waals surface area contributed by atoms with Gasteiger partial charge in [0.1, 0.15) is 0 Å². The number of hydrogen-bond acceptors (Lipinski definition) is 2. The molecule has 0 aromatic heterocycles. The largest absolute Gasteiger partial charge is 0.225 e. The molecule has 0 N–H and O–H groups in total. The topological polar surface area (TPSA) is 24.7 Å². The standard InChI is InChI=1S/C16H22N2/c1-14(15-8-4-2-5-9-15)12-17-13-18-16-10-6-3-7-11-16/h2,4-5,8-9,14,16H,3,6-7,10-12H2,1H3. The van der Waals surface area contributed by atoms with E-state index < -0.39 is 0 Å². The highest BCUT2D eigenvalue weighted by Crippen LogP contribution is 2.19. The van der Waals surface area contributed by atoms with Crippen LogP contribution in [-0.2, 0) is 0 Å². The van der Waals surface area contributed by atoms with Crippen LogP contribution in [-0.4, -0.2) is 18.6 Å². The van der Waals surface area contributed by atoms with Crippen molar-refractivity contribution in [3.63, 3.8) is 0 Å². The maximum absolute atomic E-state index is 4.43. The number of nitrogens with zero attached hydrogens (tertiary/aromatic N) is 2. The van der Waals surface area contributed by atoms with E-state index in [-0.39, 0.29) is 0 Å². The van der Waals surface area contributed by atoms with Gasteiger partial charge in [-0.05, 0) is 18.4 Å². The van der Waals surface area contributed by atoms with E-state index in [1.165, 1.54) is 37.7 Å². The summed E-state index contributed by atoms with van der Waals surface area (Å²) in [5.74, 6) is 0.445. The number of benzene rings is 1. The molecule has 0 aliphatic heterocycles. The first-order valence-corrected chi connectivity index (χ1v) is 7.02. The average molecular weight is 242 g/mol. The van der Waals surface area contributed by atoms with Crippen molar-refractivity contribution in [2.24, 2.45) is 9.98 Å². The third-order valence-corrected chi connectivity index (χ3v) is 3.62. The van der Waals surface area contributed by atoms with Gasteiger partial charge in [0.2, 0.25) is 0 Å². The van der Waals surface area contributed by atoms with Crippen LogP contribution in [0.1, 0.15) is 50.5 Å². The lowest BCUT2D eigenvalue weighted by atomic mass is 9.96. The molecule has 0 heterocycles. The minimum atomic E-state index is 0.445. The quantitative estimate of drug-likeness (QED) is 0.703. The molecule has 96 valence electrons. The second-order valence-corrected chi connectivity index (χ2v) is 5.17. The van der Waals surface area contributed by atoms with Crippen LogP contribution in [0.2, 0.25) is 0 Å². The molecule has 1 fully saturated rings. The first kappa shape index (κ1) is 13.0. The van der Waals surface area contributed by atoms with E-state index in [1.54, 1.807) is 0 Å². The Morgan fingerprint density at radius 1 is 1.17 bits per heavy atom. The van der Waals surface area contributed by atoms with Gasteiger partial charge in [-0.15, -0.1) is 0 Å². The molecule has 1 saturated carbocycles. The van der Waals surface area contributed by atoms with Gasteiger partial charge >= 0.3 is 0 Å². The molecule has 1 aliphatic rings. The molecule has 2 rings (SSSR count). The van der Waals surface area contributed by atoms with E-state index in [4.69, 9.17) is 0 Å². The molecule has 1 aliphatic carbocycles. The van der Waals surface area contributed by atoms with Gasteiger partial charge in [-0.3, -0.25) is 0 Å². The fourth-order valence-corrected chi connectivity index (χ4v) is 2.40. The SMILES string of the molecule is CC(CN=C=NC1CCCCC1)c1ccccc1. The number of rotatable bonds is 4. The average Bonchev–Trinajstić information content (AvgIpc) is 2.45. The lowest BCUT2D eigenvalue weighted by Gasteiger charge is -2.15. The fraction of sp³-hybridized carbons (Fsp3) is 0.562. The molecule has 0 spiro atoms. The molecule has 1 unspecified atom stereocenters. The zero-order chi connectivity index (χ0) is 12.6. The molecule has 1 aromatic rings. The van der Waals surface area contributed by atoms with Crippen LogP contribution in [0.25, 0.3) is 0 Å². The maximum atomic E-state index is 4.43. The zero-order valence-corrected chi connectivity index (χ0v) is 11.2. The highest BCUT2D eigenvalue weighted by molar-refractivity contribution is 5.41. The minimum absolute atomic E-state index is 0.445. The van der Waals surface area contributed by atoms with Crippen molar-refractivity contribution in [3.05, 3.63) is 35.9 Å². The Labute approximate surface area is 110 Å². The first-order chi connectivity index (χ1) is 8.86. The molecule has 1 atom stereocenters. The van der Waals surface area contributed by atoms with E-state index in [0.29, 0.717) is 12.0 Å². The van der Waals surface area contributed by atoms with Gasteiger partial charge in [0, 0.05) is 5.92 Å². The van der Waals surface area contributed by atoms with E-state index in [9.17, 15) is 0 Å². The monoisotopic (exact) mass is 242 g/mol. The molecular weight excluding hydrogens is 220 g/mol. The summed E-state index contributed by atoms with van der Waals surface area (Å²) in [4.78, 5) is 8.76. The minimum Gasteiger partial charge on any atom is -0.225 e. The number of aliphatic imine (C=N–C) groups is 2. The first-order valence-electron chi connectivity index (χ1n) is 7.02. The molecular formula is C16H22N2. The Morgan fingerprint density at radius 2 is 1.89 bits per heavy atom. The lowest BCUT2D eigenvalue weighted by Crippen LogP contribution is -2.08. The van der Waals surface area contributed by atoms with Gasteiger partial charge in [0.15, 0.2) is 0 Å². The van der Waals surface area contributed by atoms with Gasteiger partial charge in [-0.25, -0.2) is 9.98 Å². The Kier molecular flexibility index (Phi) is 5.16. The zero-order valence-electron chi connectivity index (χ0n) is 11.2. The van der Waals surface area contributed by atoms with Crippen molar-refractivity contribution < 1.29 is 0 Å². The van der Waals surface area contributed by atoms with Gasteiger partial charge < -0.3 is 0 Å². The van der Waals surface area contributed by atoms with E-state index in [2.05, 4.69) is 47.2 Å². The molecule has 0 amide bonds. The van der Waals surface area contributed by atoms with E-state index >= 15 is 0 Å². The van der Waals surface area contributed by atoms with Crippen LogP contribution in [0.5, 0.6) is 0 Å². The van der Waals surface area contributed by atoms with Crippen LogP contribution in [0, 0.1) is 0 Å². The fourth-order valence-electron chi connectivity index (χ4n) is 2.40. The summed E-state index contributed by atoms with van der Waals surface area (Å²) in [5.41, 5.74) is 1.33. The third-order valence-electron chi connectivity index (χ3n) is 3.62. The molecule has 0 bridgehead atoms. The normalized spacial score (nSPS) is 17.8. The summed E-state index contributed by atoms with van der Waals surface area (Å²) in [5, 5.41) is 0. The van der Waals surface area contributed by atoms with Crippen molar-refractivity contribution in [1.29, 1.82) is 0 Å². The molecule has 2 nitrogen and oxygen atoms in total. The van der Waals surface area contributed by atoms with Gasteiger partial charge in [-0.2, -0.15) is 0 Å². The van der Waals surface area contributed by atoms with Gasteiger partial charge in [-0.1, -0.05) is 56.5 Å². The van der Waals surface area contributed by atoms with Crippen LogP contribution < -0.4 is 0 Å². The highest BCUT2D eigenvalue weighted by Gasteiger charge is 2.10. The number of hydrogen-bond donors (Lipinski definition) is 0. The lowest BCUT2D eigenvalue weighted by molar-refractivity contribution is 0.444. The van der Waals surface area contributed by atoms with Crippen molar-refractivity contribution in [2.75, 3.05) is 6.54 Å². The van der Waals surface area contributed by atoms with Crippen LogP contribution in [0.3, 0.4) is 0 Å². The molecule has 2 heteroatoms. The van der Waals surface area contributed by atoms with Gasteiger partial charge in [0.25, 0.3) is 0 Å². The second kappa shape index (κ2) is 7.13. The van der Waals surface area contributed by atoms with Crippen molar-refractivity contribution in [3.8, 4) is 0 Å². The summed E-state index contributed by atoms with van der Waals surface area (Å²) in [6.07, 6.45) is 6.44. The van der Waals surface area contributed by atoms with Crippen LogP contribution in [0.4, 0.5) is 0 Å². The summed E-state index contributed by atoms with van der Waals surface area (Å²) in [7, 11) is 0. The summed E-state index contributed by atoms with van der Waals surface area (Å²) in [6.45, 7) is 2.97. The summed E-state index contributed by atoms with van der Waals surface area (Å²) < 4.78 is 0. The summed E-state index contributed by atoms with van der Waals surface area (Å²) in [6, 6.07) is 13.9. The Morgan fingerprint density at radius 3 is 2.61 bits per heavy atom. The van der Waals surface area contributed by atoms with Gasteiger partial charge in [0.05, 0.1) is 18.6 Å². The van der Waals surface area contributed by atoms with E-state index in [0.717, 1.165) is 6.54 Å². The third kappa shape index (κ3) is 4.12. The molecule has 0 saturated heterocycles. The van der Waals surface area contributed by atoms with Crippen LogP contribution in [0.15, 0.2) is 40.3 Å². The molecule has 18 heavy (non-hydrogen) atoms. The predicted molar refractivity (Wildman–Crippen MR) is 76.5 cm³/mol. The van der Waals surface area contributed by atoms with Crippen molar-refractivity contribution in [2.45, 2.75) is 51.0 Å². The Bertz CT molecular complexity index is 398. The molecule has 1 aromatic carbocycles. The second-order valence-electron chi connectivity index (χ2n) is 5.17. The van der Waals surface area contributed by atoms with Crippen molar-refractivity contribution in [1.82, 2.24) is 0 Å². The summed E-state index contributed by atoms with van der Waals surface area (Å²) >= 11 is 0. The Balaban J connectivity index is 1.81. The highest BCUT2D eigenvalue weighted by atomic mass is 14.8. The Hall–Kier alpha value is -1.40. The molecule has 0 radical (unpaired) electrons. The van der Waals surface area contributed by atoms with Crippen molar-refractivity contribution >= 4 is 6.01 Å². The maximum Gasteiger partial charge on any atom is 0.0895 e. The predicted octanol–water partition coefficient (Wildman–Crippen LogP) is 4.30. The van der Waals surface area contributed by atoms with E-state index in [1.807, 2.05) is 6.07 Å². The smallest absolute Gasteiger partial charge is 0.0895 e. The van der Waals surface area contributed by atoms with Crippen LogP contribution >= 0.6 is 0 Å².